The van der Waals surface area contributed by atoms with Crippen molar-refractivity contribution in [2.75, 3.05) is 0 Å². The van der Waals surface area contributed by atoms with E-state index >= 15 is 0 Å². The number of hydrogen-bond donors (Lipinski definition) is 1. The van der Waals surface area contributed by atoms with Gasteiger partial charge in [-0.05, 0) is 15.5 Å². The molecule has 0 fully saturated rings. The molecule has 1 aromatic heterocycles. The average Bonchev–Trinajstić information content (AvgIpc) is 2.19. The molecular weight excluding hydrogens is 262 g/mol. The summed E-state index contributed by atoms with van der Waals surface area (Å²) in [6.07, 6.45) is -3.81. The molecule has 0 aromatic carbocycles. The minimum Gasteiger partial charge on any atom is -0.481 e. The molecule has 1 aromatic rings. The topological polar surface area (TPSA) is 93.3 Å². The minimum absolute atomic E-state index is 0.267. The predicted octanol–water partition coefficient (Wildman–Crippen LogP) is 2.21. The van der Waals surface area contributed by atoms with Gasteiger partial charge in [-0.1, -0.05) is 11.6 Å². The van der Waals surface area contributed by atoms with Crippen LogP contribution in [0.25, 0.3) is 0 Å². The lowest BCUT2D eigenvalue weighted by Crippen LogP contribution is -2.06. The fourth-order valence-corrected chi connectivity index (χ4v) is 1.36. The molecule has 92 valence electrons. The molecule has 1 rings (SSSR count). The molecule has 0 radical (unpaired) electrons. The fourth-order valence-electron chi connectivity index (χ4n) is 1.12. The summed E-state index contributed by atoms with van der Waals surface area (Å²) in [6, 6.07) is 0.766. The number of aliphatic carboxylic acids is 1. The molecule has 1 N–H and O–H groups in total. The number of nitrogens with zero attached hydrogens (tertiary/aromatic N) is 2. The Morgan fingerprint density at radius 1 is 1.65 bits per heavy atom. The number of pyridine rings is 1. The number of carboxylic acids is 1. The van der Waals surface area contributed by atoms with Crippen LogP contribution in [0.5, 0.6) is 0 Å². The van der Waals surface area contributed by atoms with Crippen LogP contribution in [0.4, 0.5) is 14.6 Å². The van der Waals surface area contributed by atoms with Crippen molar-refractivity contribution in [2.45, 2.75) is 12.8 Å². The molecule has 0 spiro atoms. The SMILES string of the molecule is O=C(O)Cc1cc([N+](=O)[O-])nc(C(F)F)c1Cl. The van der Waals surface area contributed by atoms with Crippen LogP contribution in [0.1, 0.15) is 17.7 Å². The molecule has 17 heavy (non-hydrogen) atoms. The number of alkyl halides is 2. The van der Waals surface area contributed by atoms with E-state index in [1.165, 1.54) is 0 Å². The molecule has 0 saturated carbocycles. The number of halogens is 3. The van der Waals surface area contributed by atoms with Gasteiger partial charge in [0.15, 0.2) is 0 Å². The van der Waals surface area contributed by atoms with Gasteiger partial charge in [0.25, 0.3) is 0 Å². The Morgan fingerprint density at radius 2 is 2.24 bits per heavy atom. The molecule has 0 amide bonds. The van der Waals surface area contributed by atoms with Crippen LogP contribution in [-0.2, 0) is 11.2 Å². The Hall–Kier alpha value is -1.83. The minimum atomic E-state index is -3.12. The van der Waals surface area contributed by atoms with E-state index in [1.807, 2.05) is 0 Å². The Bertz CT molecular complexity index is 481. The molecule has 0 unspecified atom stereocenters. The second-order valence-corrected chi connectivity index (χ2v) is 3.35. The highest BCUT2D eigenvalue weighted by molar-refractivity contribution is 6.32. The Kier molecular flexibility index (Phi) is 3.89. The third-order valence-corrected chi connectivity index (χ3v) is 2.22. The zero-order valence-corrected chi connectivity index (χ0v) is 8.82. The van der Waals surface area contributed by atoms with E-state index in [4.69, 9.17) is 16.7 Å². The maximum atomic E-state index is 12.5. The van der Waals surface area contributed by atoms with Crippen LogP contribution in [0.15, 0.2) is 6.07 Å². The Morgan fingerprint density at radius 3 is 2.65 bits per heavy atom. The van der Waals surface area contributed by atoms with Gasteiger partial charge in [-0.3, -0.25) is 4.79 Å². The van der Waals surface area contributed by atoms with Crippen molar-refractivity contribution in [3.05, 3.63) is 32.5 Å². The van der Waals surface area contributed by atoms with Crippen LogP contribution >= 0.6 is 11.6 Å². The molecule has 0 aliphatic rings. The van der Waals surface area contributed by atoms with Crippen LogP contribution < -0.4 is 0 Å². The van der Waals surface area contributed by atoms with Gasteiger partial charge in [0.05, 0.1) is 11.4 Å². The zero-order chi connectivity index (χ0) is 13.2. The van der Waals surface area contributed by atoms with Crippen molar-refractivity contribution in [3.8, 4) is 0 Å². The molecule has 6 nitrogen and oxygen atoms in total. The summed E-state index contributed by atoms with van der Waals surface area (Å²) in [5, 5.41) is 18.4. The summed E-state index contributed by atoms with van der Waals surface area (Å²) < 4.78 is 24.9. The van der Waals surface area contributed by atoms with Crippen LogP contribution in [0.3, 0.4) is 0 Å². The number of hydrogen-bond acceptors (Lipinski definition) is 4. The number of nitro groups is 1. The first-order chi connectivity index (χ1) is 7.82. The number of carbonyl (C=O) groups is 1. The van der Waals surface area contributed by atoms with Gasteiger partial charge in [-0.25, -0.2) is 8.78 Å². The lowest BCUT2D eigenvalue weighted by atomic mass is 10.1. The van der Waals surface area contributed by atoms with Gasteiger partial charge in [0.2, 0.25) is 5.69 Å². The van der Waals surface area contributed by atoms with Crippen molar-refractivity contribution in [2.24, 2.45) is 0 Å². The standard InChI is InChI=1S/C8H5ClF2N2O4/c9-6-3(2-5(14)15)1-4(13(16)17)12-7(6)8(10)11/h1,8H,2H2,(H,14,15). The lowest BCUT2D eigenvalue weighted by molar-refractivity contribution is -0.389. The molecule has 0 aliphatic heterocycles. The van der Waals surface area contributed by atoms with E-state index in [2.05, 4.69) is 4.98 Å². The number of carboxylic acid groups (broad SMARTS) is 1. The largest absolute Gasteiger partial charge is 0.481 e. The van der Waals surface area contributed by atoms with Gasteiger partial charge in [0.1, 0.15) is 0 Å². The quantitative estimate of drug-likeness (QED) is 0.666. The molecule has 0 saturated heterocycles. The van der Waals surface area contributed by atoms with Crippen LogP contribution in [-0.4, -0.2) is 21.0 Å². The lowest BCUT2D eigenvalue weighted by Gasteiger charge is -2.04. The van der Waals surface area contributed by atoms with Crippen molar-refractivity contribution in [1.29, 1.82) is 0 Å². The van der Waals surface area contributed by atoms with Crippen LogP contribution in [0, 0.1) is 10.1 Å². The number of rotatable bonds is 4. The van der Waals surface area contributed by atoms with Crippen LogP contribution in [0.2, 0.25) is 5.02 Å². The highest BCUT2D eigenvalue weighted by Crippen LogP contribution is 2.31. The summed E-state index contributed by atoms with van der Waals surface area (Å²) in [5.41, 5.74) is -1.26. The van der Waals surface area contributed by atoms with Gasteiger partial charge in [-0.15, -0.1) is 0 Å². The van der Waals surface area contributed by atoms with Crippen molar-refractivity contribution >= 4 is 23.4 Å². The Balaban J connectivity index is 3.37. The molecular formula is C8H5ClF2N2O4. The van der Waals surface area contributed by atoms with Crippen molar-refractivity contribution in [1.82, 2.24) is 4.98 Å². The van der Waals surface area contributed by atoms with Crippen molar-refractivity contribution in [3.63, 3.8) is 0 Å². The first-order valence-electron chi connectivity index (χ1n) is 4.16. The highest BCUT2D eigenvalue weighted by Gasteiger charge is 2.26. The summed E-state index contributed by atoms with van der Waals surface area (Å²) >= 11 is 5.50. The summed E-state index contributed by atoms with van der Waals surface area (Å²) in [4.78, 5) is 23.0. The van der Waals surface area contributed by atoms with Crippen molar-refractivity contribution < 1.29 is 23.6 Å². The van der Waals surface area contributed by atoms with E-state index in [1.54, 1.807) is 0 Å². The smallest absolute Gasteiger partial charge is 0.364 e. The maximum absolute atomic E-state index is 12.5. The number of aromatic nitrogens is 1. The Labute approximate surface area is 98.0 Å². The summed E-state index contributed by atoms with van der Waals surface area (Å²) in [5.74, 6) is -2.20. The molecule has 1 heterocycles. The summed E-state index contributed by atoms with van der Waals surface area (Å²) in [7, 11) is 0. The predicted molar refractivity (Wildman–Crippen MR) is 52.2 cm³/mol. The monoisotopic (exact) mass is 266 g/mol. The third kappa shape index (κ3) is 3.06. The highest BCUT2D eigenvalue weighted by atomic mass is 35.5. The van der Waals surface area contributed by atoms with Gasteiger partial charge in [0, 0.05) is 6.07 Å². The van der Waals surface area contributed by atoms with Gasteiger partial charge in [-0.2, -0.15) is 0 Å². The first kappa shape index (κ1) is 13.2. The van der Waals surface area contributed by atoms with E-state index in [0.717, 1.165) is 6.07 Å². The van der Waals surface area contributed by atoms with Gasteiger partial charge >= 0.3 is 18.2 Å². The first-order valence-corrected chi connectivity index (χ1v) is 4.54. The second kappa shape index (κ2) is 5.00. The van der Waals surface area contributed by atoms with Gasteiger partial charge < -0.3 is 15.2 Å². The van der Waals surface area contributed by atoms with E-state index in [9.17, 15) is 23.7 Å². The molecule has 0 aliphatic carbocycles. The molecule has 9 heteroatoms. The second-order valence-electron chi connectivity index (χ2n) is 2.97. The van der Waals surface area contributed by atoms with E-state index in [0.29, 0.717) is 0 Å². The molecule has 0 atom stereocenters. The summed E-state index contributed by atoms with van der Waals surface area (Å²) in [6.45, 7) is 0. The third-order valence-electron chi connectivity index (χ3n) is 1.78. The van der Waals surface area contributed by atoms with E-state index < -0.39 is 40.3 Å². The maximum Gasteiger partial charge on any atom is 0.364 e. The molecule has 0 bridgehead atoms. The fraction of sp³-hybridized carbons (Fsp3) is 0.250. The van der Waals surface area contributed by atoms with E-state index in [-0.39, 0.29) is 5.56 Å². The average molecular weight is 267 g/mol. The zero-order valence-electron chi connectivity index (χ0n) is 8.06. The normalized spacial score (nSPS) is 10.6.